The molecule has 0 aromatic rings. The molecular weight excluding hydrogens is 196 g/mol. The lowest BCUT2D eigenvalue weighted by Gasteiger charge is -2.33. The SMILES string of the molecule is CCC(C)(CC)CCOC(CC)(CC)CC. The van der Waals surface area contributed by atoms with E-state index >= 15 is 0 Å². The fourth-order valence-corrected chi connectivity index (χ4v) is 2.17. The van der Waals surface area contributed by atoms with Crippen molar-refractivity contribution in [3.63, 3.8) is 0 Å². The fraction of sp³-hybridized carbons (Fsp3) is 1.00. The molecule has 1 nitrogen and oxygen atoms in total. The predicted molar refractivity (Wildman–Crippen MR) is 72.9 cm³/mol. The van der Waals surface area contributed by atoms with Crippen molar-refractivity contribution in [1.82, 2.24) is 0 Å². The predicted octanol–water partition coefficient (Wildman–Crippen LogP) is 5.19. The number of hydrogen-bond donors (Lipinski definition) is 0. The Labute approximate surface area is 103 Å². The number of hydrogen-bond acceptors (Lipinski definition) is 1. The average Bonchev–Trinajstić information content (AvgIpc) is 2.35. The summed E-state index contributed by atoms with van der Waals surface area (Å²) in [5.74, 6) is 0. The summed E-state index contributed by atoms with van der Waals surface area (Å²) in [4.78, 5) is 0. The van der Waals surface area contributed by atoms with E-state index in [-0.39, 0.29) is 5.60 Å². The molecule has 0 bridgehead atoms. The zero-order valence-electron chi connectivity index (χ0n) is 12.4. The normalized spacial score (nSPS) is 13.1. The van der Waals surface area contributed by atoms with Crippen molar-refractivity contribution in [3.8, 4) is 0 Å². The van der Waals surface area contributed by atoms with Crippen LogP contribution in [0.4, 0.5) is 0 Å². The van der Waals surface area contributed by atoms with E-state index in [1.165, 1.54) is 19.3 Å². The molecular formula is C15H32O. The minimum absolute atomic E-state index is 0.141. The Balaban J connectivity index is 4.13. The van der Waals surface area contributed by atoms with Gasteiger partial charge in [0.2, 0.25) is 0 Å². The third-order valence-corrected chi connectivity index (χ3v) is 4.75. The van der Waals surface area contributed by atoms with Crippen LogP contribution in [-0.2, 0) is 4.74 Å². The highest BCUT2D eigenvalue weighted by molar-refractivity contribution is 4.77. The Morgan fingerprint density at radius 2 is 1.19 bits per heavy atom. The maximum atomic E-state index is 6.18. The summed E-state index contributed by atoms with van der Waals surface area (Å²) in [6.07, 6.45) is 7.11. The van der Waals surface area contributed by atoms with Gasteiger partial charge in [0.05, 0.1) is 5.60 Å². The molecule has 0 rings (SSSR count). The molecule has 0 aromatic carbocycles. The molecule has 0 heterocycles. The zero-order valence-corrected chi connectivity index (χ0v) is 12.4. The second-order valence-electron chi connectivity index (χ2n) is 5.36. The van der Waals surface area contributed by atoms with Crippen molar-refractivity contribution >= 4 is 0 Å². The van der Waals surface area contributed by atoms with Crippen molar-refractivity contribution in [2.75, 3.05) is 6.61 Å². The second kappa shape index (κ2) is 7.32. The molecule has 0 saturated carbocycles. The van der Waals surface area contributed by atoms with Gasteiger partial charge in [-0.15, -0.1) is 0 Å². The van der Waals surface area contributed by atoms with Crippen LogP contribution in [0.1, 0.15) is 80.1 Å². The lowest BCUT2D eigenvalue weighted by molar-refractivity contribution is -0.0644. The third kappa shape index (κ3) is 4.45. The summed E-state index contributed by atoms with van der Waals surface area (Å²) in [5.41, 5.74) is 0.614. The highest BCUT2D eigenvalue weighted by atomic mass is 16.5. The molecule has 98 valence electrons. The van der Waals surface area contributed by atoms with Gasteiger partial charge in [0.15, 0.2) is 0 Å². The molecule has 0 unspecified atom stereocenters. The quantitative estimate of drug-likeness (QED) is 0.528. The molecule has 16 heavy (non-hydrogen) atoms. The van der Waals surface area contributed by atoms with Crippen LogP contribution in [0.2, 0.25) is 0 Å². The van der Waals surface area contributed by atoms with Crippen LogP contribution in [0, 0.1) is 5.41 Å². The van der Waals surface area contributed by atoms with Crippen molar-refractivity contribution in [3.05, 3.63) is 0 Å². The standard InChI is InChI=1S/C15H32O/c1-7-14(6,8-2)12-13-16-15(9-3,10-4)11-5/h7-13H2,1-6H3. The molecule has 0 aromatic heterocycles. The van der Waals surface area contributed by atoms with Gasteiger partial charge in [-0.05, 0) is 31.1 Å². The van der Waals surface area contributed by atoms with Gasteiger partial charge in [0.1, 0.15) is 0 Å². The lowest BCUT2D eigenvalue weighted by atomic mass is 9.82. The Kier molecular flexibility index (Phi) is 7.30. The van der Waals surface area contributed by atoms with E-state index < -0.39 is 0 Å². The van der Waals surface area contributed by atoms with Crippen molar-refractivity contribution in [2.24, 2.45) is 5.41 Å². The highest BCUT2D eigenvalue weighted by Gasteiger charge is 2.26. The summed E-state index contributed by atoms with van der Waals surface area (Å²) in [6, 6.07) is 0. The van der Waals surface area contributed by atoms with Crippen LogP contribution >= 0.6 is 0 Å². The Hall–Kier alpha value is -0.0400. The molecule has 0 aliphatic carbocycles. The molecule has 0 aliphatic heterocycles. The first kappa shape index (κ1) is 16.0. The second-order valence-corrected chi connectivity index (χ2v) is 5.36. The van der Waals surface area contributed by atoms with Gasteiger partial charge in [0, 0.05) is 6.61 Å². The van der Waals surface area contributed by atoms with E-state index in [0.717, 1.165) is 25.9 Å². The lowest BCUT2D eigenvalue weighted by Crippen LogP contribution is -2.32. The molecule has 0 saturated heterocycles. The monoisotopic (exact) mass is 228 g/mol. The largest absolute Gasteiger partial charge is 0.375 e. The van der Waals surface area contributed by atoms with Crippen molar-refractivity contribution < 1.29 is 4.74 Å². The summed E-state index contributed by atoms with van der Waals surface area (Å²) in [5, 5.41) is 0. The Morgan fingerprint density at radius 1 is 0.750 bits per heavy atom. The average molecular weight is 228 g/mol. The van der Waals surface area contributed by atoms with E-state index in [4.69, 9.17) is 4.74 Å². The van der Waals surface area contributed by atoms with Gasteiger partial charge in [-0.25, -0.2) is 0 Å². The summed E-state index contributed by atoms with van der Waals surface area (Å²) >= 11 is 0. The maximum absolute atomic E-state index is 6.18. The third-order valence-electron chi connectivity index (χ3n) is 4.75. The van der Waals surface area contributed by atoms with Gasteiger partial charge in [0.25, 0.3) is 0 Å². The number of rotatable bonds is 9. The minimum Gasteiger partial charge on any atom is -0.375 e. The Bertz CT molecular complexity index is 158. The molecule has 0 radical (unpaired) electrons. The summed E-state index contributed by atoms with van der Waals surface area (Å²) in [6.45, 7) is 14.6. The minimum atomic E-state index is 0.141. The molecule has 0 fully saturated rings. The van der Waals surface area contributed by atoms with Gasteiger partial charge in [-0.3, -0.25) is 0 Å². The molecule has 0 atom stereocenters. The van der Waals surface area contributed by atoms with Gasteiger partial charge >= 0.3 is 0 Å². The summed E-state index contributed by atoms with van der Waals surface area (Å²) in [7, 11) is 0. The topological polar surface area (TPSA) is 9.23 Å². The molecule has 0 spiro atoms. The first-order valence-electron chi connectivity index (χ1n) is 7.15. The van der Waals surface area contributed by atoms with Gasteiger partial charge in [-0.2, -0.15) is 0 Å². The van der Waals surface area contributed by atoms with E-state index in [1.807, 2.05) is 0 Å². The number of ether oxygens (including phenoxy) is 1. The van der Waals surface area contributed by atoms with Crippen LogP contribution in [0.3, 0.4) is 0 Å². The van der Waals surface area contributed by atoms with Crippen molar-refractivity contribution in [2.45, 2.75) is 85.7 Å². The molecule has 1 heteroatoms. The summed E-state index contributed by atoms with van der Waals surface area (Å²) < 4.78 is 6.18. The highest BCUT2D eigenvalue weighted by Crippen LogP contribution is 2.31. The Morgan fingerprint density at radius 3 is 1.50 bits per heavy atom. The zero-order chi connectivity index (χ0) is 12.7. The maximum Gasteiger partial charge on any atom is 0.0674 e. The molecule has 0 N–H and O–H groups in total. The fourth-order valence-electron chi connectivity index (χ4n) is 2.17. The molecule has 0 amide bonds. The molecule has 0 aliphatic rings. The smallest absolute Gasteiger partial charge is 0.0674 e. The van der Waals surface area contributed by atoms with Gasteiger partial charge < -0.3 is 4.74 Å². The van der Waals surface area contributed by atoms with Crippen LogP contribution < -0.4 is 0 Å². The van der Waals surface area contributed by atoms with Crippen LogP contribution in [0.5, 0.6) is 0 Å². The van der Waals surface area contributed by atoms with Gasteiger partial charge in [-0.1, -0.05) is 54.4 Å². The first-order chi connectivity index (χ1) is 7.51. The van der Waals surface area contributed by atoms with E-state index in [0.29, 0.717) is 5.41 Å². The first-order valence-corrected chi connectivity index (χ1v) is 7.15. The van der Waals surface area contributed by atoms with E-state index in [1.54, 1.807) is 0 Å². The van der Waals surface area contributed by atoms with E-state index in [9.17, 15) is 0 Å². The van der Waals surface area contributed by atoms with Crippen LogP contribution in [0.15, 0.2) is 0 Å². The van der Waals surface area contributed by atoms with Crippen LogP contribution in [0.25, 0.3) is 0 Å². The van der Waals surface area contributed by atoms with E-state index in [2.05, 4.69) is 41.5 Å². The van der Waals surface area contributed by atoms with Crippen LogP contribution in [-0.4, -0.2) is 12.2 Å². The van der Waals surface area contributed by atoms with Crippen molar-refractivity contribution in [1.29, 1.82) is 0 Å².